The number of aryl methyl sites for hydroxylation is 2. The van der Waals surface area contributed by atoms with Gasteiger partial charge in [-0.25, -0.2) is 18.7 Å². The van der Waals surface area contributed by atoms with Crippen LogP contribution in [-0.2, 0) is 20.6 Å². The molecule has 4 heterocycles. The zero-order valence-electron chi connectivity index (χ0n) is 12.0. The lowest BCUT2D eigenvalue weighted by Gasteiger charge is -1.98. The van der Waals surface area contributed by atoms with Crippen LogP contribution in [-0.4, -0.2) is 14.1 Å². The quantitative estimate of drug-likeness (QED) is 0.399. The van der Waals surface area contributed by atoms with Crippen LogP contribution in [0.2, 0.25) is 0 Å². The zero-order chi connectivity index (χ0) is 14.1. The van der Waals surface area contributed by atoms with Crippen molar-refractivity contribution in [2.75, 3.05) is 0 Å². The lowest BCUT2D eigenvalue weighted by atomic mass is 10.1. The number of aromatic nitrogens is 4. The van der Waals surface area contributed by atoms with Gasteiger partial charge in [-0.2, -0.15) is 0 Å². The van der Waals surface area contributed by atoms with Crippen molar-refractivity contribution in [3.8, 4) is 11.4 Å². The normalized spacial score (nSPS) is 13.0. The fourth-order valence-electron chi connectivity index (χ4n) is 3.79. The van der Waals surface area contributed by atoms with E-state index in [1.54, 1.807) is 0 Å². The van der Waals surface area contributed by atoms with Crippen molar-refractivity contribution in [2.24, 2.45) is 14.1 Å². The van der Waals surface area contributed by atoms with Crippen molar-refractivity contribution in [3.63, 3.8) is 0 Å². The minimum Gasteiger partial charge on any atom is -0.248 e. The number of hydrogen-bond donors (Lipinski definition) is 0. The number of hydrogen-bond acceptors (Lipinski definition) is 1. The van der Waals surface area contributed by atoms with E-state index < -0.39 is 0 Å². The average molecular weight is 275 g/mol. The van der Waals surface area contributed by atoms with Crippen molar-refractivity contribution < 1.29 is 4.57 Å². The summed E-state index contributed by atoms with van der Waals surface area (Å²) in [4.78, 5) is 4.54. The zero-order valence-corrected chi connectivity index (χ0v) is 12.0. The van der Waals surface area contributed by atoms with E-state index in [2.05, 4.69) is 63.1 Å². The first-order valence-electron chi connectivity index (χ1n) is 7.17. The molecule has 4 nitrogen and oxygen atoms in total. The van der Waals surface area contributed by atoms with E-state index in [0.29, 0.717) is 0 Å². The van der Waals surface area contributed by atoms with Crippen LogP contribution < -0.4 is 4.57 Å². The summed E-state index contributed by atoms with van der Waals surface area (Å²) in [5.74, 6) is 1.29. The Hall–Kier alpha value is -2.62. The van der Waals surface area contributed by atoms with E-state index >= 15 is 0 Å². The maximum absolute atomic E-state index is 4.54. The smallest absolute Gasteiger partial charge is 0.248 e. The third-order valence-corrected chi connectivity index (χ3v) is 4.64. The van der Waals surface area contributed by atoms with Gasteiger partial charge in [0.25, 0.3) is 5.65 Å². The van der Waals surface area contributed by atoms with Crippen LogP contribution in [0, 0.1) is 0 Å². The molecule has 0 spiro atoms. The Morgan fingerprint density at radius 1 is 1.14 bits per heavy atom. The first kappa shape index (κ1) is 11.1. The fraction of sp³-hybridized carbons (Fsp3) is 0.176. The second kappa shape index (κ2) is 3.52. The van der Waals surface area contributed by atoms with Crippen LogP contribution in [0.5, 0.6) is 0 Å². The molecule has 0 saturated carbocycles. The Bertz CT molecular complexity index is 1040. The molecular formula is C17H15N4+. The van der Waals surface area contributed by atoms with Crippen LogP contribution in [0.15, 0.2) is 42.6 Å². The number of imidazole rings is 1. The fourth-order valence-corrected chi connectivity index (χ4v) is 3.79. The molecule has 0 aliphatic carbocycles. The van der Waals surface area contributed by atoms with Crippen LogP contribution in [0.25, 0.3) is 33.6 Å². The van der Waals surface area contributed by atoms with Gasteiger partial charge in [0.2, 0.25) is 11.5 Å². The summed E-state index contributed by atoms with van der Waals surface area (Å²) in [7, 11) is 4.24. The molecule has 102 valence electrons. The van der Waals surface area contributed by atoms with E-state index in [-0.39, 0.29) is 0 Å². The van der Waals surface area contributed by atoms with Gasteiger partial charge >= 0.3 is 0 Å². The molecule has 5 rings (SSSR count). The first-order chi connectivity index (χ1) is 10.3. The van der Waals surface area contributed by atoms with Crippen molar-refractivity contribution in [1.29, 1.82) is 0 Å². The lowest BCUT2D eigenvalue weighted by molar-refractivity contribution is -0.636. The Morgan fingerprint density at radius 2 is 2.00 bits per heavy atom. The van der Waals surface area contributed by atoms with Crippen LogP contribution in [0.3, 0.4) is 0 Å². The molecular weight excluding hydrogens is 260 g/mol. The Labute approximate surface area is 121 Å². The highest BCUT2D eigenvalue weighted by Gasteiger charge is 2.34. The molecule has 0 fully saturated rings. The topological polar surface area (TPSA) is 26.6 Å². The number of fused-ring (bicyclic) bond motifs is 7. The second-order valence-corrected chi connectivity index (χ2v) is 5.73. The summed E-state index contributed by atoms with van der Waals surface area (Å²) in [5, 5.41) is 1.23. The summed E-state index contributed by atoms with van der Waals surface area (Å²) < 4.78 is 6.91. The molecule has 0 radical (unpaired) electrons. The van der Waals surface area contributed by atoms with Crippen LogP contribution >= 0.6 is 0 Å². The van der Waals surface area contributed by atoms with Crippen LogP contribution in [0.4, 0.5) is 0 Å². The average Bonchev–Trinajstić information content (AvgIpc) is 3.11. The summed E-state index contributed by atoms with van der Waals surface area (Å²) in [5.41, 5.74) is 6.30. The highest BCUT2D eigenvalue weighted by molar-refractivity contribution is 6.03. The number of rotatable bonds is 0. The summed E-state index contributed by atoms with van der Waals surface area (Å²) in [6.45, 7) is 0.941. The van der Waals surface area contributed by atoms with Gasteiger partial charge in [0.05, 0.1) is 31.6 Å². The Balaban J connectivity index is 2.03. The van der Waals surface area contributed by atoms with E-state index in [1.807, 2.05) is 12.3 Å². The largest absolute Gasteiger partial charge is 0.270 e. The van der Waals surface area contributed by atoms with E-state index in [9.17, 15) is 0 Å². The van der Waals surface area contributed by atoms with Gasteiger partial charge in [-0.1, -0.05) is 18.2 Å². The minimum atomic E-state index is 0.941. The van der Waals surface area contributed by atoms with Crippen molar-refractivity contribution >= 4 is 22.2 Å². The highest BCUT2D eigenvalue weighted by atomic mass is 15.2. The van der Waals surface area contributed by atoms with Gasteiger partial charge in [-0.05, 0) is 23.8 Å². The lowest BCUT2D eigenvalue weighted by Crippen LogP contribution is -2.31. The van der Waals surface area contributed by atoms with Crippen molar-refractivity contribution in [1.82, 2.24) is 14.1 Å². The molecule has 0 amide bonds. The molecule has 1 aromatic carbocycles. The molecule has 1 aliphatic rings. The Morgan fingerprint density at radius 3 is 2.90 bits per heavy atom. The van der Waals surface area contributed by atoms with Gasteiger partial charge in [0.15, 0.2) is 5.52 Å². The van der Waals surface area contributed by atoms with Crippen molar-refractivity contribution in [3.05, 3.63) is 48.2 Å². The van der Waals surface area contributed by atoms with Crippen LogP contribution in [0.1, 0.15) is 5.56 Å². The maximum Gasteiger partial charge on any atom is 0.270 e. The molecule has 21 heavy (non-hydrogen) atoms. The SMILES string of the molecule is Cn1c2ncccc2c2c1[n+](C)c1n2Cc2ccccc2-1. The summed E-state index contributed by atoms with van der Waals surface area (Å²) in [6.07, 6.45) is 1.86. The minimum absolute atomic E-state index is 0.941. The maximum atomic E-state index is 4.54. The van der Waals surface area contributed by atoms with Gasteiger partial charge in [0, 0.05) is 6.20 Å². The van der Waals surface area contributed by atoms with E-state index in [1.165, 1.54) is 33.5 Å². The predicted molar refractivity (Wildman–Crippen MR) is 81.9 cm³/mol. The number of pyridine rings is 1. The third kappa shape index (κ3) is 1.17. The highest BCUT2D eigenvalue weighted by Crippen LogP contribution is 2.36. The molecule has 4 aromatic rings. The summed E-state index contributed by atoms with van der Waals surface area (Å²) >= 11 is 0. The van der Waals surface area contributed by atoms with Gasteiger partial charge in [0.1, 0.15) is 0 Å². The van der Waals surface area contributed by atoms with E-state index in [0.717, 1.165) is 12.2 Å². The molecule has 4 heteroatoms. The van der Waals surface area contributed by atoms with Gasteiger partial charge in [-0.3, -0.25) is 0 Å². The molecule has 0 atom stereocenters. The Kier molecular flexibility index (Phi) is 1.86. The molecule has 1 aliphatic heterocycles. The predicted octanol–water partition coefficient (Wildman–Crippen LogP) is 2.38. The van der Waals surface area contributed by atoms with Gasteiger partial charge in [-0.15, -0.1) is 0 Å². The van der Waals surface area contributed by atoms with Gasteiger partial charge < -0.3 is 0 Å². The summed E-state index contributed by atoms with van der Waals surface area (Å²) in [6, 6.07) is 12.9. The molecule has 0 saturated heterocycles. The molecule has 0 unspecified atom stereocenters. The monoisotopic (exact) mass is 275 g/mol. The molecule has 0 N–H and O–H groups in total. The second-order valence-electron chi connectivity index (χ2n) is 5.73. The number of nitrogens with zero attached hydrogens (tertiary/aromatic N) is 4. The van der Waals surface area contributed by atoms with Crippen molar-refractivity contribution in [2.45, 2.75) is 6.54 Å². The molecule has 0 bridgehead atoms. The molecule has 3 aromatic heterocycles. The third-order valence-electron chi connectivity index (χ3n) is 4.64. The van der Waals surface area contributed by atoms with E-state index in [4.69, 9.17) is 0 Å². The first-order valence-corrected chi connectivity index (χ1v) is 7.17. The standard InChI is InChI=1S/C17H15N4/c1-19-15-13(8-5-9-18-15)14-17(19)20(2)16-12-7-4-3-6-11(12)10-21(14)16/h3-9H,10H2,1-2H3/q+1. The number of benzene rings is 1.